The largest absolute Gasteiger partial charge is 0.464 e. The highest BCUT2D eigenvalue weighted by molar-refractivity contribution is 7.09. The summed E-state index contributed by atoms with van der Waals surface area (Å²) in [6, 6.07) is 18.7. The molecule has 0 spiro atoms. The molecule has 5 N–H and O–H groups in total. The Morgan fingerprint density at radius 1 is 1.03 bits per heavy atom. The first kappa shape index (κ1) is 24.7. The van der Waals surface area contributed by atoms with E-state index in [0.29, 0.717) is 11.4 Å². The second-order valence-electron chi connectivity index (χ2n) is 8.20. The van der Waals surface area contributed by atoms with Gasteiger partial charge >= 0.3 is 0 Å². The standard InChI is InChI=1S/C26H25N5O4S/c1-15-8-11-18(12-9-15)31(26(34)23-20(27)21(24(28)32)30-36-23)22(19-13-10-16(2)35-19)25(33)29-14-17-6-4-3-5-7-17/h3-13,22H,14,27H2,1-2H3,(H2,28,32)(H,29,33). The summed E-state index contributed by atoms with van der Waals surface area (Å²) in [5.74, 6) is -1.07. The van der Waals surface area contributed by atoms with Gasteiger partial charge in [-0.25, -0.2) is 0 Å². The van der Waals surface area contributed by atoms with Crippen LogP contribution in [0.5, 0.6) is 0 Å². The van der Waals surface area contributed by atoms with Crippen LogP contribution in [0.2, 0.25) is 0 Å². The molecular weight excluding hydrogens is 478 g/mol. The normalized spacial score (nSPS) is 11.6. The van der Waals surface area contributed by atoms with Gasteiger partial charge in [0.25, 0.3) is 17.7 Å². The van der Waals surface area contributed by atoms with Gasteiger partial charge in [0.1, 0.15) is 16.4 Å². The first-order valence-electron chi connectivity index (χ1n) is 11.1. The number of benzene rings is 2. The first-order valence-corrected chi connectivity index (χ1v) is 11.9. The van der Waals surface area contributed by atoms with Crippen molar-refractivity contribution in [3.8, 4) is 0 Å². The lowest BCUT2D eigenvalue weighted by molar-refractivity contribution is -0.123. The van der Waals surface area contributed by atoms with Crippen LogP contribution in [0.25, 0.3) is 0 Å². The summed E-state index contributed by atoms with van der Waals surface area (Å²) < 4.78 is 9.79. The van der Waals surface area contributed by atoms with Crippen molar-refractivity contribution in [3.05, 3.63) is 99.9 Å². The average molecular weight is 504 g/mol. The smallest absolute Gasteiger partial charge is 0.273 e. The molecule has 0 aliphatic rings. The first-order chi connectivity index (χ1) is 17.3. The van der Waals surface area contributed by atoms with Crippen molar-refractivity contribution in [3.63, 3.8) is 0 Å². The number of primary amides is 1. The zero-order chi connectivity index (χ0) is 25.8. The van der Waals surface area contributed by atoms with E-state index < -0.39 is 23.8 Å². The van der Waals surface area contributed by atoms with Crippen LogP contribution in [0, 0.1) is 13.8 Å². The number of amides is 3. The van der Waals surface area contributed by atoms with Crippen molar-refractivity contribution in [2.45, 2.75) is 26.4 Å². The Morgan fingerprint density at radius 3 is 2.31 bits per heavy atom. The number of furan rings is 1. The number of nitrogens with zero attached hydrogens (tertiary/aromatic N) is 2. The molecule has 4 aromatic rings. The molecule has 10 heteroatoms. The van der Waals surface area contributed by atoms with E-state index in [4.69, 9.17) is 15.9 Å². The molecule has 3 amide bonds. The van der Waals surface area contributed by atoms with Crippen molar-refractivity contribution >= 4 is 40.6 Å². The molecule has 0 radical (unpaired) electrons. The van der Waals surface area contributed by atoms with Crippen LogP contribution in [-0.2, 0) is 11.3 Å². The molecule has 2 aromatic carbocycles. The maximum atomic E-state index is 13.9. The van der Waals surface area contributed by atoms with Crippen LogP contribution in [-0.4, -0.2) is 22.1 Å². The van der Waals surface area contributed by atoms with Crippen molar-refractivity contribution in [1.82, 2.24) is 9.69 Å². The summed E-state index contributed by atoms with van der Waals surface area (Å²) in [6.07, 6.45) is 0. The van der Waals surface area contributed by atoms with E-state index in [0.717, 1.165) is 22.7 Å². The van der Waals surface area contributed by atoms with Crippen molar-refractivity contribution in [2.24, 2.45) is 5.73 Å². The molecule has 1 atom stereocenters. The maximum absolute atomic E-state index is 13.9. The van der Waals surface area contributed by atoms with Gasteiger partial charge in [0.15, 0.2) is 11.7 Å². The molecule has 2 heterocycles. The molecule has 0 saturated carbocycles. The number of nitrogen functional groups attached to an aromatic ring is 1. The van der Waals surface area contributed by atoms with Crippen molar-refractivity contribution < 1.29 is 18.8 Å². The van der Waals surface area contributed by atoms with Gasteiger partial charge in [0.05, 0.1) is 5.69 Å². The lowest BCUT2D eigenvalue weighted by Crippen LogP contribution is -2.43. The van der Waals surface area contributed by atoms with Crippen LogP contribution in [0.15, 0.2) is 71.1 Å². The van der Waals surface area contributed by atoms with Crippen molar-refractivity contribution in [2.75, 3.05) is 10.6 Å². The highest BCUT2D eigenvalue weighted by Gasteiger charge is 2.37. The highest BCUT2D eigenvalue weighted by Crippen LogP contribution is 2.34. The van der Waals surface area contributed by atoms with E-state index in [9.17, 15) is 14.4 Å². The summed E-state index contributed by atoms with van der Waals surface area (Å²) in [6.45, 7) is 3.91. The maximum Gasteiger partial charge on any atom is 0.273 e. The summed E-state index contributed by atoms with van der Waals surface area (Å²) in [5, 5.41) is 2.90. The minimum Gasteiger partial charge on any atom is -0.464 e. The molecule has 184 valence electrons. The number of carbonyl (C=O) groups excluding carboxylic acids is 3. The topological polar surface area (TPSA) is 145 Å². The SMILES string of the molecule is Cc1ccc(N(C(=O)c2snc(C(N)=O)c2N)C(C(=O)NCc2ccccc2)c2ccc(C)o2)cc1. The summed E-state index contributed by atoms with van der Waals surface area (Å²) in [4.78, 5) is 40.6. The van der Waals surface area contributed by atoms with Gasteiger partial charge < -0.3 is 21.2 Å². The average Bonchev–Trinajstić information content (AvgIpc) is 3.47. The number of carbonyl (C=O) groups is 3. The molecule has 4 rings (SSSR count). The Balaban J connectivity index is 1.80. The van der Waals surface area contributed by atoms with Crippen LogP contribution in [0.4, 0.5) is 11.4 Å². The lowest BCUT2D eigenvalue weighted by Gasteiger charge is -2.30. The van der Waals surface area contributed by atoms with E-state index in [1.807, 2.05) is 49.4 Å². The van der Waals surface area contributed by atoms with Crippen LogP contribution in [0.3, 0.4) is 0 Å². The molecule has 0 bridgehead atoms. The predicted octanol–water partition coefficient (Wildman–Crippen LogP) is 3.74. The van der Waals surface area contributed by atoms with E-state index in [2.05, 4.69) is 9.69 Å². The highest BCUT2D eigenvalue weighted by atomic mass is 32.1. The number of nitrogens with one attached hydrogen (secondary N) is 1. The molecule has 36 heavy (non-hydrogen) atoms. The molecule has 0 aliphatic carbocycles. The zero-order valence-corrected chi connectivity index (χ0v) is 20.5. The minimum absolute atomic E-state index is 0.00601. The number of hydrogen-bond acceptors (Lipinski definition) is 7. The van der Waals surface area contributed by atoms with Crippen LogP contribution >= 0.6 is 11.5 Å². The predicted molar refractivity (Wildman–Crippen MR) is 138 cm³/mol. The second kappa shape index (κ2) is 10.4. The fourth-order valence-electron chi connectivity index (χ4n) is 3.68. The summed E-state index contributed by atoms with van der Waals surface area (Å²) >= 11 is 0.749. The Kier molecular flexibility index (Phi) is 7.16. The number of aromatic nitrogens is 1. The molecule has 0 aliphatic heterocycles. The van der Waals surface area contributed by atoms with Gasteiger partial charge in [0.2, 0.25) is 0 Å². The second-order valence-corrected chi connectivity index (χ2v) is 8.98. The van der Waals surface area contributed by atoms with Gasteiger partial charge in [-0.2, -0.15) is 4.37 Å². The fourth-order valence-corrected chi connectivity index (χ4v) is 4.43. The van der Waals surface area contributed by atoms with E-state index in [-0.39, 0.29) is 28.6 Å². The number of hydrogen-bond donors (Lipinski definition) is 3. The van der Waals surface area contributed by atoms with Gasteiger partial charge in [0, 0.05) is 12.2 Å². The third-order valence-corrected chi connectivity index (χ3v) is 6.38. The Bertz CT molecular complexity index is 1400. The van der Waals surface area contributed by atoms with Gasteiger partial charge in [-0.05, 0) is 55.2 Å². The molecule has 0 saturated heterocycles. The molecule has 0 fully saturated rings. The minimum atomic E-state index is -1.17. The van der Waals surface area contributed by atoms with E-state index in [1.54, 1.807) is 31.2 Å². The van der Waals surface area contributed by atoms with E-state index >= 15 is 0 Å². The third-order valence-electron chi connectivity index (χ3n) is 5.53. The van der Waals surface area contributed by atoms with Crippen molar-refractivity contribution in [1.29, 1.82) is 0 Å². The zero-order valence-electron chi connectivity index (χ0n) is 19.7. The molecule has 2 aromatic heterocycles. The molecule has 1 unspecified atom stereocenters. The van der Waals surface area contributed by atoms with Gasteiger partial charge in [-0.15, -0.1) is 0 Å². The third kappa shape index (κ3) is 5.13. The van der Waals surface area contributed by atoms with Crippen LogP contribution in [0.1, 0.15) is 48.8 Å². The van der Waals surface area contributed by atoms with Gasteiger partial charge in [-0.3, -0.25) is 19.3 Å². The summed E-state index contributed by atoms with van der Waals surface area (Å²) in [5.41, 5.74) is 13.4. The summed E-state index contributed by atoms with van der Waals surface area (Å²) in [7, 11) is 0. The van der Waals surface area contributed by atoms with E-state index in [1.165, 1.54) is 4.90 Å². The quantitative estimate of drug-likeness (QED) is 0.334. The number of nitrogens with two attached hydrogens (primary N) is 2. The number of aryl methyl sites for hydroxylation is 2. The molecular formula is C26H25N5O4S. The Labute approximate surface area is 211 Å². The Morgan fingerprint density at radius 2 is 1.72 bits per heavy atom. The fraction of sp³-hybridized carbons (Fsp3) is 0.154. The lowest BCUT2D eigenvalue weighted by atomic mass is 10.1. The van der Waals surface area contributed by atoms with Crippen LogP contribution < -0.4 is 21.7 Å². The number of anilines is 2. The molecule has 9 nitrogen and oxygen atoms in total. The Hall–Kier alpha value is -4.44. The monoisotopic (exact) mass is 503 g/mol. The van der Waals surface area contributed by atoms with Gasteiger partial charge in [-0.1, -0.05) is 48.0 Å². The number of rotatable bonds is 8.